The maximum Gasteiger partial charge on any atom is 0.164 e. The summed E-state index contributed by atoms with van der Waals surface area (Å²) in [4.78, 5) is 15.5. The summed E-state index contributed by atoms with van der Waals surface area (Å²) < 4.78 is 0. The lowest BCUT2D eigenvalue weighted by Gasteiger charge is -2.37. The van der Waals surface area contributed by atoms with Crippen LogP contribution in [0.3, 0.4) is 0 Å². The van der Waals surface area contributed by atoms with Gasteiger partial charge in [0.05, 0.1) is 0 Å². The molecule has 1 heterocycles. The first-order chi connectivity index (χ1) is 22.0. The van der Waals surface area contributed by atoms with Gasteiger partial charge in [-0.1, -0.05) is 111 Å². The van der Waals surface area contributed by atoms with E-state index in [1.165, 1.54) is 30.4 Å². The molecule has 0 saturated heterocycles. The highest BCUT2D eigenvalue weighted by atomic mass is 15.0. The molecule has 1 aromatic carbocycles. The van der Waals surface area contributed by atoms with E-state index in [0.717, 1.165) is 60.2 Å². The SMILES string of the molecule is CC1(C)C2C=CC=CC2C2C=CC(c3nc(C4=CC5=C(CC4)C4=C(CC5)C5=CC=CCC5CC4)nc(-c4ccccc4)n3)=CC21. The van der Waals surface area contributed by atoms with Crippen molar-refractivity contribution in [1.82, 2.24) is 15.0 Å². The van der Waals surface area contributed by atoms with E-state index in [2.05, 4.69) is 111 Å². The summed E-state index contributed by atoms with van der Waals surface area (Å²) in [6.45, 7) is 4.88. The van der Waals surface area contributed by atoms with Gasteiger partial charge in [-0.15, -0.1) is 0 Å². The van der Waals surface area contributed by atoms with Crippen molar-refractivity contribution in [3.63, 3.8) is 0 Å². The van der Waals surface area contributed by atoms with E-state index in [-0.39, 0.29) is 5.41 Å². The van der Waals surface area contributed by atoms with Crippen LogP contribution in [0.2, 0.25) is 0 Å². The normalized spacial score (nSPS) is 30.5. The quantitative estimate of drug-likeness (QED) is 0.359. The van der Waals surface area contributed by atoms with E-state index in [0.29, 0.717) is 23.7 Å². The summed E-state index contributed by atoms with van der Waals surface area (Å²) in [5.74, 6) is 5.20. The fraction of sp³-hybridized carbons (Fsp3) is 0.357. The second-order valence-electron chi connectivity index (χ2n) is 14.6. The third-order valence-corrected chi connectivity index (χ3v) is 11.9. The summed E-state index contributed by atoms with van der Waals surface area (Å²) in [5, 5.41) is 0. The van der Waals surface area contributed by atoms with E-state index in [4.69, 9.17) is 15.0 Å². The number of aromatic nitrogens is 3. The van der Waals surface area contributed by atoms with Crippen molar-refractivity contribution in [1.29, 1.82) is 0 Å². The second kappa shape index (κ2) is 10.5. The number of nitrogens with zero attached hydrogens (tertiary/aromatic N) is 3. The van der Waals surface area contributed by atoms with Gasteiger partial charge in [0, 0.05) is 11.1 Å². The summed E-state index contributed by atoms with van der Waals surface area (Å²) in [7, 11) is 0. The van der Waals surface area contributed by atoms with Crippen LogP contribution in [0.5, 0.6) is 0 Å². The maximum atomic E-state index is 5.24. The second-order valence-corrected chi connectivity index (χ2v) is 14.6. The van der Waals surface area contributed by atoms with Gasteiger partial charge in [0.25, 0.3) is 0 Å². The Bertz CT molecular complexity index is 1870. The summed E-state index contributed by atoms with van der Waals surface area (Å²) in [6.07, 6.45) is 34.1. The van der Waals surface area contributed by atoms with Gasteiger partial charge in [0.15, 0.2) is 17.5 Å². The van der Waals surface area contributed by atoms with Gasteiger partial charge in [-0.05, 0) is 113 Å². The van der Waals surface area contributed by atoms with Crippen LogP contribution in [0.25, 0.3) is 22.5 Å². The van der Waals surface area contributed by atoms with Gasteiger partial charge in [-0.2, -0.15) is 0 Å². The molecule has 1 aromatic heterocycles. The molecule has 7 aliphatic carbocycles. The van der Waals surface area contributed by atoms with E-state index in [9.17, 15) is 0 Å². The molecule has 0 aliphatic heterocycles. The zero-order valence-corrected chi connectivity index (χ0v) is 26.4. The lowest BCUT2D eigenvalue weighted by Crippen LogP contribution is -2.26. The lowest BCUT2D eigenvalue weighted by atomic mass is 9.68. The first-order valence-electron chi connectivity index (χ1n) is 17.1. The highest BCUT2D eigenvalue weighted by Crippen LogP contribution is 2.59. The largest absolute Gasteiger partial charge is 0.209 e. The monoisotopic (exact) mass is 587 g/mol. The smallest absolute Gasteiger partial charge is 0.164 e. The highest BCUT2D eigenvalue weighted by Gasteiger charge is 2.52. The molecule has 0 amide bonds. The van der Waals surface area contributed by atoms with E-state index >= 15 is 0 Å². The number of hydrogen-bond acceptors (Lipinski definition) is 3. The molecule has 1 fully saturated rings. The molecule has 5 atom stereocenters. The molecule has 3 nitrogen and oxygen atoms in total. The van der Waals surface area contributed by atoms with Gasteiger partial charge in [-0.3, -0.25) is 0 Å². The molecule has 9 rings (SSSR count). The van der Waals surface area contributed by atoms with Crippen molar-refractivity contribution in [3.8, 4) is 11.4 Å². The van der Waals surface area contributed by atoms with Crippen LogP contribution in [-0.2, 0) is 0 Å². The van der Waals surface area contributed by atoms with Gasteiger partial charge in [0.1, 0.15) is 0 Å². The number of benzene rings is 1. The fourth-order valence-corrected chi connectivity index (χ4v) is 9.61. The minimum atomic E-state index is 0.164. The average molecular weight is 588 g/mol. The molecule has 0 spiro atoms. The van der Waals surface area contributed by atoms with Crippen LogP contribution in [-0.4, -0.2) is 15.0 Å². The van der Waals surface area contributed by atoms with Crippen LogP contribution in [0.4, 0.5) is 0 Å². The number of allylic oxidation sites excluding steroid dienone is 18. The Morgan fingerprint density at radius 2 is 1.51 bits per heavy atom. The minimum absolute atomic E-state index is 0.164. The van der Waals surface area contributed by atoms with Gasteiger partial charge in [0.2, 0.25) is 0 Å². The van der Waals surface area contributed by atoms with Crippen LogP contribution in [0.1, 0.15) is 70.4 Å². The summed E-state index contributed by atoms with van der Waals surface area (Å²) >= 11 is 0. The van der Waals surface area contributed by atoms with Crippen molar-refractivity contribution in [2.45, 2.75) is 58.8 Å². The number of hydrogen-bond donors (Lipinski definition) is 0. The summed E-state index contributed by atoms with van der Waals surface area (Å²) in [5.41, 5.74) is 11.7. The molecule has 3 heteroatoms. The number of fused-ring (bicyclic) bond motifs is 6. The minimum Gasteiger partial charge on any atom is -0.209 e. The molecule has 7 aliphatic rings. The Balaban J connectivity index is 1.11. The highest BCUT2D eigenvalue weighted by molar-refractivity contribution is 5.75. The van der Waals surface area contributed by atoms with Gasteiger partial charge < -0.3 is 0 Å². The first kappa shape index (κ1) is 27.2. The first-order valence-corrected chi connectivity index (χ1v) is 17.1. The molecular weight excluding hydrogens is 546 g/mol. The Labute approximate surface area is 267 Å². The zero-order chi connectivity index (χ0) is 30.1. The Hall–Kier alpha value is -4.11. The Morgan fingerprint density at radius 3 is 2.42 bits per heavy atom. The fourth-order valence-electron chi connectivity index (χ4n) is 9.61. The number of rotatable bonds is 3. The van der Waals surface area contributed by atoms with Crippen molar-refractivity contribution >= 4 is 11.1 Å². The van der Waals surface area contributed by atoms with Crippen molar-refractivity contribution in [3.05, 3.63) is 137 Å². The summed E-state index contributed by atoms with van der Waals surface area (Å²) in [6, 6.07) is 10.4. The average Bonchev–Trinajstić information content (AvgIpc) is 3.33. The van der Waals surface area contributed by atoms with Crippen LogP contribution >= 0.6 is 0 Å². The molecule has 2 aromatic rings. The Kier molecular flexibility index (Phi) is 6.34. The molecule has 5 unspecified atom stereocenters. The molecule has 0 N–H and O–H groups in total. The maximum absolute atomic E-state index is 5.24. The molecule has 224 valence electrons. The van der Waals surface area contributed by atoms with Crippen molar-refractivity contribution in [2.75, 3.05) is 0 Å². The van der Waals surface area contributed by atoms with Crippen molar-refractivity contribution in [2.24, 2.45) is 35.0 Å². The standard InChI is InChI=1S/C42H41N3/c1-42(2)37-15-9-8-14-35(37)36-23-19-30(25-38(36)42)41-44-39(27-11-4-3-5-12-27)43-40(45-41)29-18-20-32-28(24-29)17-22-33-31-13-7-6-10-26(31)16-21-34(32)33/h3-9,11-15,19,23-26,35-38H,10,16-18,20-22H2,1-2H3. The van der Waals surface area contributed by atoms with Crippen molar-refractivity contribution < 1.29 is 0 Å². The predicted molar refractivity (Wildman–Crippen MR) is 183 cm³/mol. The topological polar surface area (TPSA) is 38.7 Å². The molecule has 45 heavy (non-hydrogen) atoms. The lowest BCUT2D eigenvalue weighted by molar-refractivity contribution is 0.239. The van der Waals surface area contributed by atoms with Crippen LogP contribution < -0.4 is 0 Å². The zero-order valence-electron chi connectivity index (χ0n) is 26.4. The Morgan fingerprint density at radius 1 is 0.711 bits per heavy atom. The molecule has 1 saturated carbocycles. The van der Waals surface area contributed by atoms with E-state index in [1.807, 2.05) is 0 Å². The van der Waals surface area contributed by atoms with Gasteiger partial charge >= 0.3 is 0 Å². The van der Waals surface area contributed by atoms with Crippen LogP contribution in [0.15, 0.2) is 125 Å². The molecule has 0 radical (unpaired) electrons. The third kappa shape index (κ3) is 4.42. The predicted octanol–water partition coefficient (Wildman–Crippen LogP) is 9.98. The molecule has 0 bridgehead atoms. The van der Waals surface area contributed by atoms with Crippen LogP contribution in [0, 0.1) is 35.0 Å². The van der Waals surface area contributed by atoms with Gasteiger partial charge in [-0.25, -0.2) is 15.0 Å². The third-order valence-electron chi connectivity index (χ3n) is 11.9. The molecular formula is C42H41N3. The van der Waals surface area contributed by atoms with E-state index in [1.54, 1.807) is 22.3 Å². The van der Waals surface area contributed by atoms with E-state index < -0.39 is 0 Å².